The highest BCUT2D eigenvalue weighted by atomic mass is 16.6. The van der Waals surface area contributed by atoms with Crippen LogP contribution in [0.1, 0.15) is 39.7 Å². The number of amides is 1. The van der Waals surface area contributed by atoms with Crippen molar-refractivity contribution >= 4 is 11.8 Å². The highest BCUT2D eigenvalue weighted by Crippen LogP contribution is 2.23. The van der Waals surface area contributed by atoms with E-state index in [9.17, 15) is 9.90 Å². The Hall–Kier alpha value is -1.75. The molecule has 4 N–H and O–H groups in total. The molecule has 0 saturated heterocycles. The van der Waals surface area contributed by atoms with Gasteiger partial charge in [-0.15, -0.1) is 0 Å². The number of phenols is 1. The van der Waals surface area contributed by atoms with Gasteiger partial charge in [0, 0.05) is 11.7 Å². The lowest BCUT2D eigenvalue weighted by Gasteiger charge is -2.20. The molecule has 0 aromatic heterocycles. The second-order valence-electron chi connectivity index (χ2n) is 5.98. The number of carbonyl (C=O) groups is 1. The average Bonchev–Trinajstić information content (AvgIpc) is 2.26. The number of carbonyl (C=O) groups excluding carboxylic acids is 1. The summed E-state index contributed by atoms with van der Waals surface area (Å²) in [5.41, 5.74) is 6.67. The van der Waals surface area contributed by atoms with E-state index in [0.717, 1.165) is 12.0 Å². The molecule has 1 aromatic carbocycles. The number of ether oxygens (including phenoxy) is 1. The molecule has 1 aromatic rings. The van der Waals surface area contributed by atoms with Crippen molar-refractivity contribution in [3.8, 4) is 5.75 Å². The van der Waals surface area contributed by atoms with Crippen LogP contribution in [0.2, 0.25) is 0 Å². The van der Waals surface area contributed by atoms with E-state index in [2.05, 4.69) is 5.32 Å². The Morgan fingerprint density at radius 2 is 2.10 bits per heavy atom. The first-order valence-corrected chi connectivity index (χ1v) is 6.75. The Balaban J connectivity index is 2.80. The Labute approximate surface area is 120 Å². The Morgan fingerprint density at radius 1 is 1.45 bits per heavy atom. The van der Waals surface area contributed by atoms with Gasteiger partial charge in [0.2, 0.25) is 0 Å². The van der Waals surface area contributed by atoms with E-state index in [1.165, 1.54) is 6.07 Å². The van der Waals surface area contributed by atoms with E-state index >= 15 is 0 Å². The fourth-order valence-electron chi connectivity index (χ4n) is 1.71. The largest absolute Gasteiger partial charge is 0.508 e. The summed E-state index contributed by atoms with van der Waals surface area (Å²) >= 11 is 0. The summed E-state index contributed by atoms with van der Waals surface area (Å²) in [4.78, 5) is 11.8. The lowest BCUT2D eigenvalue weighted by Crippen LogP contribution is -2.27. The van der Waals surface area contributed by atoms with Crippen LogP contribution in [0.3, 0.4) is 0 Å². The maximum absolute atomic E-state index is 11.8. The number of nitrogens with two attached hydrogens (primary N) is 1. The van der Waals surface area contributed by atoms with Crippen LogP contribution in [0, 0.1) is 0 Å². The van der Waals surface area contributed by atoms with Gasteiger partial charge in [-0.1, -0.05) is 0 Å². The van der Waals surface area contributed by atoms with Crippen LogP contribution in [0.15, 0.2) is 18.2 Å². The fourth-order valence-corrected chi connectivity index (χ4v) is 1.71. The highest BCUT2D eigenvalue weighted by Gasteiger charge is 2.17. The summed E-state index contributed by atoms with van der Waals surface area (Å²) in [6, 6.07) is 4.89. The molecule has 1 rings (SSSR count). The zero-order valence-electron chi connectivity index (χ0n) is 12.6. The van der Waals surface area contributed by atoms with E-state index in [1.54, 1.807) is 32.9 Å². The summed E-state index contributed by atoms with van der Waals surface area (Å²) in [5, 5.41) is 12.3. The smallest absolute Gasteiger partial charge is 0.412 e. The summed E-state index contributed by atoms with van der Waals surface area (Å²) in [7, 11) is 0. The Kier molecular flexibility index (Phi) is 5.39. The lowest BCUT2D eigenvalue weighted by atomic mass is 10.0. The monoisotopic (exact) mass is 280 g/mol. The average molecular weight is 280 g/mol. The van der Waals surface area contributed by atoms with Crippen molar-refractivity contribution in [1.82, 2.24) is 0 Å². The topological polar surface area (TPSA) is 84.6 Å². The predicted octanol–water partition coefficient (Wildman–Crippen LogP) is 3.02. The van der Waals surface area contributed by atoms with Crippen LogP contribution in [0.5, 0.6) is 5.75 Å². The van der Waals surface area contributed by atoms with Crippen LogP contribution < -0.4 is 11.1 Å². The third kappa shape index (κ3) is 5.93. The van der Waals surface area contributed by atoms with Crippen molar-refractivity contribution in [3.63, 3.8) is 0 Å². The molecule has 5 nitrogen and oxygen atoms in total. The number of rotatable bonds is 4. The maximum atomic E-state index is 11.8. The molecule has 1 amide bonds. The summed E-state index contributed by atoms with van der Waals surface area (Å²) in [6.07, 6.45) is 0.939. The van der Waals surface area contributed by atoms with E-state index in [0.29, 0.717) is 12.1 Å². The van der Waals surface area contributed by atoms with Crippen molar-refractivity contribution < 1.29 is 14.6 Å². The molecule has 0 aliphatic rings. The molecule has 0 radical (unpaired) electrons. The number of nitrogens with one attached hydrogen (secondary N) is 1. The maximum Gasteiger partial charge on any atom is 0.412 e. The molecule has 0 aliphatic carbocycles. The molecular weight excluding hydrogens is 256 g/mol. The van der Waals surface area contributed by atoms with Gasteiger partial charge in [-0.2, -0.15) is 0 Å². The van der Waals surface area contributed by atoms with E-state index in [4.69, 9.17) is 10.5 Å². The second kappa shape index (κ2) is 6.61. The Bertz CT molecular complexity index is 465. The lowest BCUT2D eigenvalue weighted by molar-refractivity contribution is 0.0635. The predicted molar refractivity (Wildman–Crippen MR) is 79.9 cm³/mol. The minimum Gasteiger partial charge on any atom is -0.508 e. The third-order valence-corrected chi connectivity index (χ3v) is 2.59. The van der Waals surface area contributed by atoms with Gasteiger partial charge in [-0.3, -0.25) is 5.32 Å². The number of anilines is 1. The molecule has 0 heterocycles. The molecule has 5 heteroatoms. The van der Waals surface area contributed by atoms with Crippen molar-refractivity contribution in [2.24, 2.45) is 5.73 Å². The molecular formula is C15H24N2O3. The van der Waals surface area contributed by atoms with Gasteiger partial charge in [0.1, 0.15) is 11.4 Å². The zero-order valence-corrected chi connectivity index (χ0v) is 12.6. The molecule has 0 fully saturated rings. The number of benzene rings is 1. The standard InChI is InChI=1S/C15H24N2O3/c1-10(16)5-6-11-9-12(18)7-8-13(11)17-14(19)20-15(2,3)4/h7-10,18H,5-6,16H2,1-4H3,(H,17,19). The van der Waals surface area contributed by atoms with Gasteiger partial charge < -0.3 is 15.6 Å². The number of phenolic OH excluding ortho intramolecular Hbond substituents is 1. The van der Waals surface area contributed by atoms with Gasteiger partial charge in [0.15, 0.2) is 0 Å². The van der Waals surface area contributed by atoms with Crippen molar-refractivity contribution in [2.45, 2.75) is 52.2 Å². The summed E-state index contributed by atoms with van der Waals surface area (Å²) in [6.45, 7) is 7.34. The van der Waals surface area contributed by atoms with Gasteiger partial charge in [0.25, 0.3) is 0 Å². The molecule has 0 aliphatic heterocycles. The summed E-state index contributed by atoms with van der Waals surface area (Å²) < 4.78 is 5.22. The molecule has 20 heavy (non-hydrogen) atoms. The highest BCUT2D eigenvalue weighted by molar-refractivity contribution is 5.86. The van der Waals surface area contributed by atoms with Crippen LogP contribution in [-0.2, 0) is 11.2 Å². The minimum atomic E-state index is -0.549. The summed E-state index contributed by atoms with van der Waals surface area (Å²) in [5.74, 6) is 0.166. The number of aryl methyl sites for hydroxylation is 1. The molecule has 0 bridgehead atoms. The number of aromatic hydroxyl groups is 1. The van der Waals surface area contributed by atoms with Crippen molar-refractivity contribution in [3.05, 3.63) is 23.8 Å². The molecule has 0 saturated carbocycles. The molecule has 1 unspecified atom stereocenters. The van der Waals surface area contributed by atoms with Gasteiger partial charge in [0.05, 0.1) is 0 Å². The van der Waals surface area contributed by atoms with Crippen LogP contribution in [-0.4, -0.2) is 22.8 Å². The number of hydrogen-bond donors (Lipinski definition) is 3. The van der Waals surface area contributed by atoms with Crippen molar-refractivity contribution in [2.75, 3.05) is 5.32 Å². The van der Waals surface area contributed by atoms with E-state index < -0.39 is 11.7 Å². The minimum absolute atomic E-state index is 0.0618. The SMILES string of the molecule is CC(N)CCc1cc(O)ccc1NC(=O)OC(C)(C)C. The molecule has 0 spiro atoms. The first kappa shape index (κ1) is 16.3. The van der Waals surface area contributed by atoms with Crippen molar-refractivity contribution in [1.29, 1.82) is 0 Å². The van der Waals surface area contributed by atoms with Crippen LogP contribution >= 0.6 is 0 Å². The molecule has 1 atom stereocenters. The normalized spacial score (nSPS) is 12.8. The first-order valence-electron chi connectivity index (χ1n) is 6.75. The molecule has 112 valence electrons. The Morgan fingerprint density at radius 3 is 2.65 bits per heavy atom. The van der Waals surface area contributed by atoms with Gasteiger partial charge in [-0.25, -0.2) is 4.79 Å². The first-order chi connectivity index (χ1) is 9.17. The van der Waals surface area contributed by atoms with Gasteiger partial charge >= 0.3 is 6.09 Å². The second-order valence-corrected chi connectivity index (χ2v) is 5.98. The quantitative estimate of drug-likeness (QED) is 0.740. The third-order valence-electron chi connectivity index (χ3n) is 2.59. The fraction of sp³-hybridized carbons (Fsp3) is 0.533. The number of hydrogen-bond acceptors (Lipinski definition) is 4. The van der Waals surface area contributed by atoms with E-state index in [-0.39, 0.29) is 11.8 Å². The van der Waals surface area contributed by atoms with Crippen LogP contribution in [0.25, 0.3) is 0 Å². The van der Waals surface area contributed by atoms with Crippen LogP contribution in [0.4, 0.5) is 10.5 Å². The van der Waals surface area contributed by atoms with E-state index in [1.807, 2.05) is 6.92 Å². The zero-order chi connectivity index (χ0) is 15.3. The van der Waals surface area contributed by atoms with Gasteiger partial charge in [-0.05, 0) is 64.3 Å².